The Labute approximate surface area is 73.7 Å². The van der Waals surface area contributed by atoms with E-state index in [9.17, 15) is 4.79 Å². The van der Waals surface area contributed by atoms with Crippen LogP contribution in [0.15, 0.2) is 0 Å². The first-order valence-electron chi connectivity index (χ1n) is 4.46. The van der Waals surface area contributed by atoms with Gasteiger partial charge in [0.15, 0.2) is 0 Å². The van der Waals surface area contributed by atoms with E-state index in [1.54, 1.807) is 14.0 Å². The molecule has 3 heteroatoms. The zero-order chi connectivity index (χ0) is 8.97. The number of rotatable bonds is 4. The predicted molar refractivity (Wildman–Crippen MR) is 47.2 cm³/mol. The van der Waals surface area contributed by atoms with Crippen LogP contribution in [0.3, 0.4) is 0 Å². The van der Waals surface area contributed by atoms with Gasteiger partial charge >= 0.3 is 0 Å². The third-order valence-electron chi connectivity index (χ3n) is 2.28. The van der Waals surface area contributed by atoms with E-state index in [-0.39, 0.29) is 5.78 Å². The molecule has 1 saturated heterocycles. The van der Waals surface area contributed by atoms with Gasteiger partial charge < -0.3 is 4.74 Å². The maximum Gasteiger partial charge on any atom is 0.143 e. The Morgan fingerprint density at radius 3 is 3.00 bits per heavy atom. The fourth-order valence-corrected chi connectivity index (χ4v) is 1.77. The van der Waals surface area contributed by atoms with Gasteiger partial charge in [-0.3, -0.25) is 9.69 Å². The summed E-state index contributed by atoms with van der Waals surface area (Å²) >= 11 is 0. The molecule has 1 aliphatic heterocycles. The number of methoxy groups -OCH3 is 1. The van der Waals surface area contributed by atoms with Crippen molar-refractivity contribution in [2.24, 2.45) is 0 Å². The minimum Gasteiger partial charge on any atom is -0.383 e. The molecule has 1 heterocycles. The molecule has 0 N–H and O–H groups in total. The summed E-state index contributed by atoms with van der Waals surface area (Å²) in [5.41, 5.74) is 0. The molecule has 3 nitrogen and oxygen atoms in total. The first kappa shape index (κ1) is 9.68. The normalized spacial score (nSPS) is 24.7. The second-order valence-corrected chi connectivity index (χ2v) is 3.42. The number of hydrogen-bond acceptors (Lipinski definition) is 3. The van der Waals surface area contributed by atoms with Gasteiger partial charge in [0.05, 0.1) is 13.2 Å². The Morgan fingerprint density at radius 1 is 1.67 bits per heavy atom. The molecular weight excluding hydrogens is 154 g/mol. The standard InChI is InChI=1S/C9H17NO2/c1-8(11)6-10-5-3-4-9(10)7-12-2/h9H,3-7H2,1-2H3/t9-/m1/s1. The van der Waals surface area contributed by atoms with Crippen LogP contribution < -0.4 is 0 Å². The largest absolute Gasteiger partial charge is 0.383 e. The highest BCUT2D eigenvalue weighted by molar-refractivity contribution is 5.77. The van der Waals surface area contributed by atoms with E-state index in [0.717, 1.165) is 13.2 Å². The Balaban J connectivity index is 2.35. The average molecular weight is 171 g/mol. The molecule has 0 spiro atoms. The summed E-state index contributed by atoms with van der Waals surface area (Å²) < 4.78 is 5.08. The molecule has 0 bridgehead atoms. The van der Waals surface area contributed by atoms with Crippen molar-refractivity contribution in [3.63, 3.8) is 0 Å². The summed E-state index contributed by atoms with van der Waals surface area (Å²) in [4.78, 5) is 13.1. The molecule has 0 amide bonds. The molecule has 12 heavy (non-hydrogen) atoms. The van der Waals surface area contributed by atoms with Gasteiger partial charge in [0.2, 0.25) is 0 Å². The lowest BCUT2D eigenvalue weighted by Crippen LogP contribution is -2.36. The Hall–Kier alpha value is -0.410. The SMILES string of the molecule is COC[C@H]1CCCN1CC(C)=O. The zero-order valence-electron chi connectivity index (χ0n) is 7.88. The van der Waals surface area contributed by atoms with Crippen molar-refractivity contribution >= 4 is 5.78 Å². The van der Waals surface area contributed by atoms with E-state index in [4.69, 9.17) is 4.74 Å². The van der Waals surface area contributed by atoms with Crippen LogP contribution in [0.25, 0.3) is 0 Å². The van der Waals surface area contributed by atoms with Gasteiger partial charge in [-0.15, -0.1) is 0 Å². The van der Waals surface area contributed by atoms with Crippen LogP contribution in [-0.2, 0) is 9.53 Å². The van der Waals surface area contributed by atoms with Crippen molar-refractivity contribution in [1.29, 1.82) is 0 Å². The van der Waals surface area contributed by atoms with E-state index in [0.29, 0.717) is 12.6 Å². The van der Waals surface area contributed by atoms with Crippen LogP contribution in [-0.4, -0.2) is 43.5 Å². The van der Waals surface area contributed by atoms with Crippen LogP contribution in [0.1, 0.15) is 19.8 Å². The maximum atomic E-state index is 10.9. The predicted octanol–water partition coefficient (Wildman–Crippen LogP) is 0.686. The van der Waals surface area contributed by atoms with Crippen LogP contribution in [0.2, 0.25) is 0 Å². The number of nitrogens with zero attached hydrogens (tertiary/aromatic N) is 1. The van der Waals surface area contributed by atoms with E-state index >= 15 is 0 Å². The van der Waals surface area contributed by atoms with Gasteiger partial charge in [0.1, 0.15) is 5.78 Å². The summed E-state index contributed by atoms with van der Waals surface area (Å²) in [5, 5.41) is 0. The number of carbonyl (C=O) groups is 1. The molecular formula is C9H17NO2. The van der Waals surface area contributed by atoms with Crippen molar-refractivity contribution in [3.05, 3.63) is 0 Å². The number of Topliss-reactive ketones (excluding diaryl/α,β-unsaturated/α-hetero) is 1. The Bertz CT molecular complexity index is 159. The van der Waals surface area contributed by atoms with Gasteiger partial charge in [-0.2, -0.15) is 0 Å². The van der Waals surface area contributed by atoms with Crippen molar-refractivity contribution in [2.75, 3.05) is 26.8 Å². The molecule has 0 aromatic rings. The summed E-state index contributed by atoms with van der Waals surface area (Å²) in [6, 6.07) is 0.471. The van der Waals surface area contributed by atoms with Crippen molar-refractivity contribution in [2.45, 2.75) is 25.8 Å². The second kappa shape index (κ2) is 4.58. The van der Waals surface area contributed by atoms with Crippen LogP contribution in [0.5, 0.6) is 0 Å². The van der Waals surface area contributed by atoms with Crippen molar-refractivity contribution in [3.8, 4) is 0 Å². The molecule has 0 radical (unpaired) electrons. The lowest BCUT2D eigenvalue weighted by Gasteiger charge is -2.21. The summed E-state index contributed by atoms with van der Waals surface area (Å²) in [6.07, 6.45) is 2.36. The van der Waals surface area contributed by atoms with Gasteiger partial charge in [0.25, 0.3) is 0 Å². The monoisotopic (exact) mass is 171 g/mol. The van der Waals surface area contributed by atoms with Crippen LogP contribution in [0.4, 0.5) is 0 Å². The summed E-state index contributed by atoms with van der Waals surface area (Å²) in [7, 11) is 1.71. The fourth-order valence-electron chi connectivity index (χ4n) is 1.77. The van der Waals surface area contributed by atoms with Gasteiger partial charge in [-0.25, -0.2) is 0 Å². The molecule has 1 fully saturated rings. The number of likely N-dealkylation sites (tertiary alicyclic amines) is 1. The van der Waals surface area contributed by atoms with Crippen LogP contribution in [0, 0.1) is 0 Å². The van der Waals surface area contributed by atoms with E-state index in [1.165, 1.54) is 12.8 Å². The molecule has 0 aromatic heterocycles. The zero-order valence-corrected chi connectivity index (χ0v) is 7.88. The molecule has 0 unspecified atom stereocenters. The Morgan fingerprint density at radius 2 is 2.42 bits per heavy atom. The third kappa shape index (κ3) is 2.57. The Kier molecular flexibility index (Phi) is 3.69. The molecule has 0 aromatic carbocycles. The number of carbonyl (C=O) groups excluding carboxylic acids is 1. The lowest BCUT2D eigenvalue weighted by atomic mass is 10.2. The molecule has 1 rings (SSSR count). The highest BCUT2D eigenvalue weighted by Crippen LogP contribution is 2.16. The number of hydrogen-bond donors (Lipinski definition) is 0. The van der Waals surface area contributed by atoms with Gasteiger partial charge in [-0.05, 0) is 26.3 Å². The van der Waals surface area contributed by atoms with E-state index < -0.39 is 0 Å². The topological polar surface area (TPSA) is 29.5 Å². The molecule has 1 aliphatic rings. The molecule has 0 saturated carbocycles. The highest BCUT2D eigenvalue weighted by atomic mass is 16.5. The third-order valence-corrected chi connectivity index (χ3v) is 2.28. The molecule has 0 aliphatic carbocycles. The second-order valence-electron chi connectivity index (χ2n) is 3.42. The van der Waals surface area contributed by atoms with Gasteiger partial charge in [0, 0.05) is 13.2 Å². The summed E-state index contributed by atoms with van der Waals surface area (Å²) in [5.74, 6) is 0.248. The highest BCUT2D eigenvalue weighted by Gasteiger charge is 2.24. The summed E-state index contributed by atoms with van der Waals surface area (Å²) in [6.45, 7) is 4.04. The molecule has 1 atom stereocenters. The van der Waals surface area contributed by atoms with Crippen molar-refractivity contribution in [1.82, 2.24) is 4.90 Å². The molecule has 70 valence electrons. The minimum absolute atomic E-state index is 0.248. The number of ether oxygens (including phenoxy) is 1. The van der Waals surface area contributed by atoms with Gasteiger partial charge in [-0.1, -0.05) is 0 Å². The fraction of sp³-hybridized carbons (Fsp3) is 0.889. The lowest BCUT2D eigenvalue weighted by molar-refractivity contribution is -0.118. The smallest absolute Gasteiger partial charge is 0.143 e. The van der Waals surface area contributed by atoms with E-state index in [1.807, 2.05) is 0 Å². The average Bonchev–Trinajstić information content (AvgIpc) is 2.37. The van der Waals surface area contributed by atoms with E-state index in [2.05, 4.69) is 4.90 Å². The maximum absolute atomic E-state index is 10.9. The number of ketones is 1. The minimum atomic E-state index is 0.248. The first-order chi connectivity index (χ1) is 5.74. The van der Waals surface area contributed by atoms with Crippen LogP contribution >= 0.6 is 0 Å². The quantitative estimate of drug-likeness (QED) is 0.623. The van der Waals surface area contributed by atoms with Crippen molar-refractivity contribution < 1.29 is 9.53 Å². The first-order valence-corrected chi connectivity index (χ1v) is 4.46.